The fourth-order valence-corrected chi connectivity index (χ4v) is 3.80. The van der Waals surface area contributed by atoms with E-state index < -0.39 is 0 Å². The van der Waals surface area contributed by atoms with E-state index in [-0.39, 0.29) is 17.7 Å². The molecule has 2 aromatic heterocycles. The molecule has 0 saturated heterocycles. The Labute approximate surface area is 172 Å². The number of anilines is 1. The van der Waals surface area contributed by atoms with Gasteiger partial charge in [0.15, 0.2) is 0 Å². The van der Waals surface area contributed by atoms with Crippen molar-refractivity contribution in [3.05, 3.63) is 83.4 Å². The van der Waals surface area contributed by atoms with Crippen molar-refractivity contribution in [1.29, 1.82) is 0 Å². The molecule has 0 atom stereocenters. The van der Waals surface area contributed by atoms with Gasteiger partial charge in [0.05, 0.1) is 22.5 Å². The zero-order chi connectivity index (χ0) is 20.7. The minimum Gasteiger partial charge on any atom is -0.368 e. The number of aromatic nitrogens is 3. The second-order valence-corrected chi connectivity index (χ2v) is 7.26. The third-order valence-corrected chi connectivity index (χ3v) is 5.33. The highest BCUT2D eigenvalue weighted by molar-refractivity contribution is 6.07. The van der Waals surface area contributed by atoms with Crippen molar-refractivity contribution in [2.75, 3.05) is 12.3 Å². The summed E-state index contributed by atoms with van der Waals surface area (Å²) in [7, 11) is 0. The van der Waals surface area contributed by atoms with Crippen LogP contribution in [0.4, 0.5) is 10.3 Å². The summed E-state index contributed by atoms with van der Waals surface area (Å²) in [6, 6.07) is 15.4. The van der Waals surface area contributed by atoms with E-state index in [9.17, 15) is 9.18 Å². The van der Waals surface area contributed by atoms with E-state index in [4.69, 9.17) is 5.73 Å². The number of amides is 1. The summed E-state index contributed by atoms with van der Waals surface area (Å²) in [5, 5.41) is 0.785. The van der Waals surface area contributed by atoms with Gasteiger partial charge in [-0.15, -0.1) is 0 Å². The zero-order valence-corrected chi connectivity index (χ0v) is 16.0. The molecule has 6 nitrogen and oxygen atoms in total. The SMILES string of the molecule is Nc1ncc2c(n1)CCN(C(=O)c1cc(-c3ccc(F)cc3)nc3ccccc13)C2. The van der Waals surface area contributed by atoms with Crippen LogP contribution in [0.3, 0.4) is 0 Å². The summed E-state index contributed by atoms with van der Waals surface area (Å²) >= 11 is 0. The van der Waals surface area contributed by atoms with E-state index in [0.29, 0.717) is 30.8 Å². The highest BCUT2D eigenvalue weighted by atomic mass is 19.1. The van der Waals surface area contributed by atoms with Gasteiger partial charge in [0.2, 0.25) is 5.95 Å². The largest absolute Gasteiger partial charge is 0.368 e. The number of benzene rings is 2. The Balaban J connectivity index is 1.56. The number of fused-ring (bicyclic) bond motifs is 2. The molecule has 7 heteroatoms. The lowest BCUT2D eigenvalue weighted by Crippen LogP contribution is -2.36. The molecule has 0 radical (unpaired) electrons. The molecule has 1 aliphatic rings. The minimum atomic E-state index is -0.314. The lowest BCUT2D eigenvalue weighted by molar-refractivity contribution is 0.0735. The van der Waals surface area contributed by atoms with Gasteiger partial charge in [0.25, 0.3) is 5.91 Å². The number of hydrogen-bond donors (Lipinski definition) is 1. The Kier molecular flexibility index (Phi) is 4.35. The Morgan fingerprint density at radius 3 is 2.70 bits per heavy atom. The summed E-state index contributed by atoms with van der Waals surface area (Å²) < 4.78 is 13.4. The molecular formula is C23H18FN5O. The third-order valence-electron chi connectivity index (χ3n) is 5.33. The number of para-hydroxylation sites is 1. The van der Waals surface area contributed by atoms with Crippen LogP contribution >= 0.6 is 0 Å². The molecule has 0 aliphatic carbocycles. The molecule has 0 unspecified atom stereocenters. The number of nitrogens with zero attached hydrogens (tertiary/aromatic N) is 4. The van der Waals surface area contributed by atoms with Gasteiger partial charge in [-0.25, -0.2) is 19.3 Å². The van der Waals surface area contributed by atoms with E-state index in [1.165, 1.54) is 12.1 Å². The highest BCUT2D eigenvalue weighted by Gasteiger charge is 2.25. The van der Waals surface area contributed by atoms with Gasteiger partial charge in [-0.05, 0) is 36.4 Å². The summed E-state index contributed by atoms with van der Waals surface area (Å²) in [5.74, 6) is -0.150. The van der Waals surface area contributed by atoms with Crippen molar-refractivity contribution in [2.45, 2.75) is 13.0 Å². The molecule has 3 heterocycles. The standard InChI is InChI=1S/C23H18FN5O/c24-16-7-5-14(6-8-16)21-11-18(17-3-1-2-4-20(17)27-21)22(30)29-10-9-19-15(13-29)12-26-23(25)28-19/h1-8,11-12H,9-10,13H2,(H2,25,26,28). The summed E-state index contributed by atoms with van der Waals surface area (Å²) in [5.41, 5.74) is 10.1. The van der Waals surface area contributed by atoms with Gasteiger partial charge in [-0.2, -0.15) is 0 Å². The fourth-order valence-electron chi connectivity index (χ4n) is 3.80. The van der Waals surface area contributed by atoms with Crippen LogP contribution in [0.5, 0.6) is 0 Å². The Hall–Kier alpha value is -3.87. The second-order valence-electron chi connectivity index (χ2n) is 7.26. The lowest BCUT2D eigenvalue weighted by Gasteiger charge is -2.28. The molecule has 30 heavy (non-hydrogen) atoms. The first-order valence-electron chi connectivity index (χ1n) is 9.64. The second kappa shape index (κ2) is 7.18. The normalized spacial score (nSPS) is 13.3. The van der Waals surface area contributed by atoms with Crippen LogP contribution in [0, 0.1) is 5.82 Å². The Morgan fingerprint density at radius 1 is 1.07 bits per heavy atom. The van der Waals surface area contributed by atoms with Crippen molar-refractivity contribution >= 4 is 22.8 Å². The quantitative estimate of drug-likeness (QED) is 0.557. The van der Waals surface area contributed by atoms with Gasteiger partial charge in [-0.3, -0.25) is 4.79 Å². The highest BCUT2D eigenvalue weighted by Crippen LogP contribution is 2.27. The predicted octanol–water partition coefficient (Wildman–Crippen LogP) is 3.61. The molecule has 0 fully saturated rings. The number of nitrogen functional groups attached to an aromatic ring is 1. The van der Waals surface area contributed by atoms with Crippen molar-refractivity contribution in [3.8, 4) is 11.3 Å². The topological polar surface area (TPSA) is 85.0 Å². The first-order chi connectivity index (χ1) is 14.6. The van der Waals surface area contributed by atoms with E-state index in [1.54, 1.807) is 29.3 Å². The van der Waals surface area contributed by atoms with Crippen LogP contribution in [0.15, 0.2) is 60.8 Å². The molecular weight excluding hydrogens is 381 g/mol. The van der Waals surface area contributed by atoms with Crippen LogP contribution in [0.1, 0.15) is 21.6 Å². The molecule has 0 saturated carbocycles. The average molecular weight is 399 g/mol. The first-order valence-corrected chi connectivity index (χ1v) is 9.64. The van der Waals surface area contributed by atoms with E-state index in [1.807, 2.05) is 24.3 Å². The number of carbonyl (C=O) groups is 1. The average Bonchev–Trinajstić information content (AvgIpc) is 2.78. The zero-order valence-electron chi connectivity index (χ0n) is 16.0. The van der Waals surface area contributed by atoms with Crippen LogP contribution in [0.2, 0.25) is 0 Å². The van der Waals surface area contributed by atoms with Crippen LogP contribution < -0.4 is 5.73 Å². The fraction of sp³-hybridized carbons (Fsp3) is 0.130. The molecule has 2 N–H and O–H groups in total. The van der Waals surface area contributed by atoms with Crippen LogP contribution in [0.25, 0.3) is 22.2 Å². The maximum Gasteiger partial charge on any atom is 0.254 e. The summed E-state index contributed by atoms with van der Waals surface area (Å²) in [4.78, 5) is 28.3. The van der Waals surface area contributed by atoms with Crippen LogP contribution in [-0.4, -0.2) is 32.3 Å². The summed E-state index contributed by atoms with van der Waals surface area (Å²) in [6.45, 7) is 0.974. The number of halogens is 1. The predicted molar refractivity (Wildman–Crippen MR) is 112 cm³/mol. The van der Waals surface area contributed by atoms with Gasteiger partial charge in [0, 0.05) is 42.2 Å². The van der Waals surface area contributed by atoms with Crippen molar-refractivity contribution in [1.82, 2.24) is 19.9 Å². The number of hydrogen-bond acceptors (Lipinski definition) is 5. The van der Waals surface area contributed by atoms with Crippen molar-refractivity contribution < 1.29 is 9.18 Å². The van der Waals surface area contributed by atoms with Gasteiger partial charge in [-0.1, -0.05) is 18.2 Å². The van der Waals surface area contributed by atoms with Crippen LogP contribution in [-0.2, 0) is 13.0 Å². The molecule has 5 rings (SSSR count). The number of rotatable bonds is 2. The maximum absolute atomic E-state index is 13.5. The molecule has 148 valence electrons. The number of nitrogens with two attached hydrogens (primary N) is 1. The third kappa shape index (κ3) is 3.24. The first kappa shape index (κ1) is 18.2. The van der Waals surface area contributed by atoms with E-state index >= 15 is 0 Å². The van der Waals surface area contributed by atoms with Gasteiger partial charge >= 0.3 is 0 Å². The minimum absolute atomic E-state index is 0.0839. The molecule has 4 aromatic rings. The number of carbonyl (C=O) groups excluding carboxylic acids is 1. The molecule has 0 bridgehead atoms. The van der Waals surface area contributed by atoms with Crippen molar-refractivity contribution in [2.24, 2.45) is 0 Å². The van der Waals surface area contributed by atoms with E-state index in [0.717, 1.165) is 27.7 Å². The maximum atomic E-state index is 13.5. The summed E-state index contributed by atoms with van der Waals surface area (Å²) in [6.07, 6.45) is 2.31. The van der Waals surface area contributed by atoms with Gasteiger partial charge < -0.3 is 10.6 Å². The monoisotopic (exact) mass is 399 g/mol. The molecule has 0 spiro atoms. The lowest BCUT2D eigenvalue weighted by atomic mass is 10.0. The van der Waals surface area contributed by atoms with Crippen molar-refractivity contribution in [3.63, 3.8) is 0 Å². The number of pyridine rings is 1. The molecule has 2 aromatic carbocycles. The smallest absolute Gasteiger partial charge is 0.254 e. The van der Waals surface area contributed by atoms with E-state index in [2.05, 4.69) is 15.0 Å². The van der Waals surface area contributed by atoms with Gasteiger partial charge in [0.1, 0.15) is 5.82 Å². The molecule has 1 amide bonds. The Morgan fingerprint density at radius 2 is 1.87 bits per heavy atom. The Bertz CT molecular complexity index is 1270. The molecule has 1 aliphatic heterocycles.